The molecule has 0 spiro atoms. The number of pyridine rings is 1. The second-order valence-electron chi connectivity index (χ2n) is 4.36. The molecule has 1 aromatic heterocycles. The van der Waals surface area contributed by atoms with Crippen molar-refractivity contribution in [2.24, 2.45) is 5.92 Å². The van der Waals surface area contributed by atoms with Gasteiger partial charge in [0.2, 0.25) is 0 Å². The molecule has 0 bridgehead atoms. The molecule has 0 radical (unpaired) electrons. The van der Waals surface area contributed by atoms with Gasteiger partial charge in [0.15, 0.2) is 0 Å². The van der Waals surface area contributed by atoms with E-state index in [4.69, 9.17) is 4.74 Å². The zero-order valence-corrected chi connectivity index (χ0v) is 9.65. The molecule has 1 aromatic rings. The molecular weight excluding hydrogens is 247 g/mol. The predicted molar refractivity (Wildman–Crippen MR) is 57.7 cm³/mol. The minimum absolute atomic E-state index is 0.142. The predicted octanol–water partition coefficient (Wildman–Crippen LogP) is 2.56. The smallest absolute Gasteiger partial charge is 0.388 e. The van der Waals surface area contributed by atoms with Crippen molar-refractivity contribution in [3.05, 3.63) is 29.6 Å². The van der Waals surface area contributed by atoms with E-state index < -0.39 is 17.8 Å². The molecule has 3 nitrogen and oxygen atoms in total. The van der Waals surface area contributed by atoms with Crippen LogP contribution >= 0.6 is 0 Å². The summed E-state index contributed by atoms with van der Waals surface area (Å²) in [6.07, 6.45) is -2.30. The number of alkyl halides is 3. The maximum absolute atomic E-state index is 12.8. The van der Waals surface area contributed by atoms with Gasteiger partial charge in [0.25, 0.3) is 0 Å². The second kappa shape index (κ2) is 5.24. The molecule has 0 aromatic carbocycles. The second-order valence-corrected chi connectivity index (χ2v) is 4.36. The fourth-order valence-corrected chi connectivity index (χ4v) is 2.19. The van der Waals surface area contributed by atoms with Crippen LogP contribution in [-0.2, 0) is 10.9 Å². The van der Waals surface area contributed by atoms with Gasteiger partial charge in [0, 0.05) is 31.2 Å². The molecule has 18 heavy (non-hydrogen) atoms. The molecule has 1 unspecified atom stereocenters. The van der Waals surface area contributed by atoms with Crippen molar-refractivity contribution in [2.75, 3.05) is 13.2 Å². The maximum Gasteiger partial charge on any atom is 0.416 e. The Morgan fingerprint density at radius 2 is 2.00 bits per heavy atom. The van der Waals surface area contributed by atoms with Crippen LogP contribution < -0.4 is 0 Å². The van der Waals surface area contributed by atoms with Gasteiger partial charge in [-0.3, -0.25) is 4.98 Å². The third kappa shape index (κ3) is 2.81. The normalized spacial score (nSPS) is 19.8. The van der Waals surface area contributed by atoms with Crippen molar-refractivity contribution >= 4 is 0 Å². The first-order chi connectivity index (χ1) is 8.50. The number of hydrogen-bond donors (Lipinski definition) is 1. The first-order valence-electron chi connectivity index (χ1n) is 5.77. The number of ether oxygens (including phenoxy) is 1. The van der Waals surface area contributed by atoms with Crippen molar-refractivity contribution in [3.8, 4) is 0 Å². The zero-order valence-electron chi connectivity index (χ0n) is 9.65. The Bertz CT molecular complexity index is 403. The van der Waals surface area contributed by atoms with Crippen LogP contribution in [-0.4, -0.2) is 23.3 Å². The van der Waals surface area contributed by atoms with Gasteiger partial charge in [0.1, 0.15) is 0 Å². The summed E-state index contributed by atoms with van der Waals surface area (Å²) in [6.45, 7) is 0.951. The van der Waals surface area contributed by atoms with Gasteiger partial charge in [0.05, 0.1) is 11.7 Å². The Morgan fingerprint density at radius 1 is 1.33 bits per heavy atom. The van der Waals surface area contributed by atoms with E-state index in [0.717, 1.165) is 18.5 Å². The van der Waals surface area contributed by atoms with Crippen LogP contribution in [0, 0.1) is 5.92 Å². The lowest BCUT2D eigenvalue weighted by atomic mass is 9.88. The van der Waals surface area contributed by atoms with Crippen LogP contribution in [0.5, 0.6) is 0 Å². The number of aliphatic hydroxyl groups excluding tert-OH is 1. The molecule has 1 fully saturated rings. The van der Waals surface area contributed by atoms with Crippen molar-refractivity contribution < 1.29 is 23.0 Å². The van der Waals surface area contributed by atoms with Crippen LogP contribution in [0.2, 0.25) is 0 Å². The topological polar surface area (TPSA) is 42.4 Å². The van der Waals surface area contributed by atoms with Crippen molar-refractivity contribution in [2.45, 2.75) is 25.1 Å². The van der Waals surface area contributed by atoms with Crippen LogP contribution in [0.15, 0.2) is 18.5 Å². The maximum atomic E-state index is 12.8. The van der Waals surface area contributed by atoms with E-state index in [2.05, 4.69) is 4.98 Å². The minimum atomic E-state index is -4.47. The third-order valence-electron chi connectivity index (χ3n) is 3.19. The van der Waals surface area contributed by atoms with Gasteiger partial charge in [-0.05, 0) is 24.8 Å². The molecule has 1 aliphatic heterocycles. The molecular formula is C12H14F3NO2. The fourth-order valence-electron chi connectivity index (χ4n) is 2.19. The monoisotopic (exact) mass is 261 g/mol. The molecule has 0 saturated carbocycles. The van der Waals surface area contributed by atoms with Gasteiger partial charge in [-0.1, -0.05) is 0 Å². The highest BCUT2D eigenvalue weighted by molar-refractivity contribution is 5.28. The molecule has 1 atom stereocenters. The van der Waals surface area contributed by atoms with E-state index in [9.17, 15) is 18.3 Å². The summed E-state index contributed by atoms with van der Waals surface area (Å²) in [7, 11) is 0. The third-order valence-corrected chi connectivity index (χ3v) is 3.19. The van der Waals surface area contributed by atoms with Crippen molar-refractivity contribution in [3.63, 3.8) is 0 Å². The zero-order chi connectivity index (χ0) is 13.2. The van der Waals surface area contributed by atoms with Crippen molar-refractivity contribution in [1.29, 1.82) is 0 Å². The number of rotatable bonds is 2. The van der Waals surface area contributed by atoms with E-state index >= 15 is 0 Å². The first kappa shape index (κ1) is 13.3. The summed E-state index contributed by atoms with van der Waals surface area (Å²) in [5.74, 6) is -0.205. The van der Waals surface area contributed by atoms with Gasteiger partial charge < -0.3 is 9.84 Å². The Morgan fingerprint density at radius 3 is 2.61 bits per heavy atom. The molecule has 0 aliphatic carbocycles. The Balaban J connectivity index is 2.26. The summed E-state index contributed by atoms with van der Waals surface area (Å²) in [5, 5.41) is 10.1. The van der Waals surface area contributed by atoms with Crippen LogP contribution in [0.4, 0.5) is 13.2 Å². The van der Waals surface area contributed by atoms with Crippen LogP contribution in [0.1, 0.15) is 30.1 Å². The summed E-state index contributed by atoms with van der Waals surface area (Å²) >= 11 is 0. The molecule has 0 amide bonds. The number of aliphatic hydroxyl groups is 1. The molecule has 6 heteroatoms. The molecule has 1 aliphatic rings. The summed E-state index contributed by atoms with van der Waals surface area (Å²) in [5.41, 5.74) is -0.951. The van der Waals surface area contributed by atoms with E-state index in [0.29, 0.717) is 26.1 Å². The lowest BCUT2D eigenvalue weighted by Crippen LogP contribution is -2.24. The summed E-state index contributed by atoms with van der Waals surface area (Å²) in [6, 6.07) is 0.901. The minimum Gasteiger partial charge on any atom is -0.388 e. The van der Waals surface area contributed by atoms with E-state index in [-0.39, 0.29) is 11.5 Å². The Labute approximate surface area is 103 Å². The highest BCUT2D eigenvalue weighted by Crippen LogP contribution is 2.38. The van der Waals surface area contributed by atoms with Gasteiger partial charge in [-0.15, -0.1) is 0 Å². The fraction of sp³-hybridized carbons (Fsp3) is 0.583. The molecule has 2 rings (SSSR count). The summed E-state index contributed by atoms with van der Waals surface area (Å²) in [4.78, 5) is 3.68. The quantitative estimate of drug-likeness (QED) is 0.889. The molecule has 100 valence electrons. The van der Waals surface area contributed by atoms with Gasteiger partial charge in [-0.2, -0.15) is 13.2 Å². The standard InChI is InChI=1S/C12H14F3NO2/c13-12(14,15)10-1-4-16-7-9(10)11(17)8-2-5-18-6-3-8/h1,4,7-8,11,17H,2-3,5-6H2. The largest absolute Gasteiger partial charge is 0.416 e. The SMILES string of the molecule is OC(c1cnccc1C(F)(F)F)C1CCOCC1. The molecule has 1 saturated heterocycles. The van der Waals surface area contributed by atoms with Crippen molar-refractivity contribution in [1.82, 2.24) is 4.98 Å². The molecule has 1 N–H and O–H groups in total. The lowest BCUT2D eigenvalue weighted by molar-refractivity contribution is -0.139. The van der Waals surface area contributed by atoms with Gasteiger partial charge >= 0.3 is 6.18 Å². The van der Waals surface area contributed by atoms with E-state index in [1.54, 1.807) is 0 Å². The van der Waals surface area contributed by atoms with Crippen LogP contribution in [0.3, 0.4) is 0 Å². The highest BCUT2D eigenvalue weighted by atomic mass is 19.4. The highest BCUT2D eigenvalue weighted by Gasteiger charge is 2.36. The van der Waals surface area contributed by atoms with E-state index in [1.165, 1.54) is 0 Å². The number of halogens is 3. The van der Waals surface area contributed by atoms with Gasteiger partial charge in [-0.25, -0.2) is 0 Å². The van der Waals surface area contributed by atoms with E-state index in [1.807, 2.05) is 0 Å². The Hall–Kier alpha value is -1.14. The van der Waals surface area contributed by atoms with Crippen LogP contribution in [0.25, 0.3) is 0 Å². The summed E-state index contributed by atoms with van der Waals surface area (Å²) < 4.78 is 43.6. The Kier molecular flexibility index (Phi) is 3.87. The molecule has 2 heterocycles. The first-order valence-corrected chi connectivity index (χ1v) is 5.77. The number of aromatic nitrogens is 1. The number of nitrogens with zero attached hydrogens (tertiary/aromatic N) is 1. The average Bonchev–Trinajstić information content (AvgIpc) is 2.38. The lowest BCUT2D eigenvalue weighted by Gasteiger charge is -2.28. The average molecular weight is 261 g/mol. The number of hydrogen-bond acceptors (Lipinski definition) is 3.